The summed E-state index contributed by atoms with van der Waals surface area (Å²) in [6.07, 6.45) is 2.45. The minimum atomic E-state index is -1.16. The van der Waals surface area contributed by atoms with Crippen molar-refractivity contribution < 1.29 is 34.1 Å². The molecule has 3 aromatic rings. The smallest absolute Gasteiger partial charge is 0.341 e. The fraction of sp³-hybridized carbons (Fsp3) is 0.261. The van der Waals surface area contributed by atoms with Crippen LogP contribution in [-0.4, -0.2) is 39.4 Å². The van der Waals surface area contributed by atoms with E-state index in [1.54, 1.807) is 25.1 Å². The van der Waals surface area contributed by atoms with Gasteiger partial charge in [-0.1, -0.05) is 12.1 Å². The normalized spacial score (nSPS) is 12.3. The Morgan fingerprint density at radius 3 is 2.62 bits per heavy atom. The summed E-state index contributed by atoms with van der Waals surface area (Å²) in [6.45, 7) is 1.37. The van der Waals surface area contributed by atoms with E-state index in [9.17, 15) is 18.8 Å². The molecular formula is C23H23FN2O6. The highest BCUT2D eigenvalue weighted by Gasteiger charge is 2.30. The number of ether oxygens (including phenoxy) is 1. The van der Waals surface area contributed by atoms with Crippen LogP contribution in [-0.2, 0) is 29.0 Å². The first-order chi connectivity index (χ1) is 14.8. The van der Waals surface area contributed by atoms with Gasteiger partial charge in [0.25, 0.3) is 11.7 Å². The van der Waals surface area contributed by atoms with Gasteiger partial charge in [0, 0.05) is 12.2 Å². The van der Waals surface area contributed by atoms with Crippen molar-refractivity contribution in [2.75, 3.05) is 6.61 Å². The maximum absolute atomic E-state index is 13.8. The second kappa shape index (κ2) is 8.80. The van der Waals surface area contributed by atoms with Crippen molar-refractivity contribution in [3.05, 3.63) is 64.1 Å². The average molecular weight is 442 g/mol. The van der Waals surface area contributed by atoms with Gasteiger partial charge in [-0.25, -0.2) is 9.18 Å². The van der Waals surface area contributed by atoms with Gasteiger partial charge in [-0.15, -0.1) is 0 Å². The van der Waals surface area contributed by atoms with Crippen LogP contribution in [0.3, 0.4) is 0 Å². The molecule has 1 heterocycles. The summed E-state index contributed by atoms with van der Waals surface area (Å²) in [5.41, 5.74) is 9.29. The molecule has 1 aliphatic carbocycles. The summed E-state index contributed by atoms with van der Waals surface area (Å²) >= 11 is 0. The lowest BCUT2D eigenvalue weighted by atomic mass is 10.0. The van der Waals surface area contributed by atoms with Gasteiger partial charge >= 0.3 is 5.97 Å². The molecule has 32 heavy (non-hydrogen) atoms. The highest BCUT2D eigenvalue weighted by Crippen LogP contribution is 2.41. The number of aliphatic carboxylic acids is 1. The zero-order chi connectivity index (χ0) is 22.3. The lowest BCUT2D eigenvalue weighted by Gasteiger charge is -2.14. The van der Waals surface area contributed by atoms with Crippen molar-refractivity contribution >= 4 is 28.6 Å². The molecule has 0 bridgehead atoms. The number of ketones is 1. The van der Waals surface area contributed by atoms with E-state index >= 15 is 0 Å². The van der Waals surface area contributed by atoms with E-state index in [1.807, 2.05) is 4.57 Å². The van der Waals surface area contributed by atoms with E-state index in [0.29, 0.717) is 22.2 Å². The predicted octanol–water partition coefficient (Wildman–Crippen LogP) is 1.93. The van der Waals surface area contributed by atoms with E-state index in [0.717, 1.165) is 30.4 Å². The van der Waals surface area contributed by atoms with E-state index in [2.05, 4.69) is 0 Å². The molecule has 0 spiro atoms. The van der Waals surface area contributed by atoms with Crippen molar-refractivity contribution in [1.29, 1.82) is 0 Å². The van der Waals surface area contributed by atoms with Gasteiger partial charge in [-0.05, 0) is 61.1 Å². The number of nitrogens with zero attached hydrogens (tertiary/aromatic N) is 1. The number of aromatic nitrogens is 1. The van der Waals surface area contributed by atoms with Crippen molar-refractivity contribution in [2.24, 2.45) is 5.73 Å². The SMILES string of the molecule is Cc1c(C(=O)C(N)=O)c2c(OCC(=O)O)cc3c(c2n1Cc1cccc(F)c1)CCC3.O. The highest BCUT2D eigenvalue weighted by atomic mass is 19.1. The molecule has 0 unspecified atom stereocenters. The number of benzene rings is 2. The second-order valence-corrected chi connectivity index (χ2v) is 7.64. The van der Waals surface area contributed by atoms with Crippen molar-refractivity contribution in [1.82, 2.24) is 4.57 Å². The van der Waals surface area contributed by atoms with Gasteiger partial charge in [-0.3, -0.25) is 9.59 Å². The van der Waals surface area contributed by atoms with Gasteiger partial charge in [-0.2, -0.15) is 0 Å². The fourth-order valence-corrected chi connectivity index (χ4v) is 4.39. The number of rotatable bonds is 7. The van der Waals surface area contributed by atoms with Gasteiger partial charge < -0.3 is 25.6 Å². The molecular weight excluding hydrogens is 419 g/mol. The first kappa shape index (κ1) is 23.0. The maximum atomic E-state index is 13.8. The number of fused-ring (bicyclic) bond motifs is 3. The van der Waals surface area contributed by atoms with E-state index in [-0.39, 0.29) is 29.2 Å². The molecule has 168 valence electrons. The van der Waals surface area contributed by atoms with Crippen LogP contribution in [0.1, 0.15) is 39.2 Å². The number of primary amides is 1. The summed E-state index contributed by atoms with van der Waals surface area (Å²) in [5.74, 6) is -3.30. The van der Waals surface area contributed by atoms with Crippen molar-refractivity contribution in [3.8, 4) is 5.75 Å². The van der Waals surface area contributed by atoms with Gasteiger partial charge in [0.15, 0.2) is 6.61 Å². The number of carboxylic acid groups (broad SMARTS) is 1. The average Bonchev–Trinajstić information content (AvgIpc) is 3.28. The number of nitrogens with two attached hydrogens (primary N) is 1. The number of carbonyl (C=O) groups excluding carboxylic acids is 2. The monoisotopic (exact) mass is 442 g/mol. The number of carboxylic acids is 1. The summed E-state index contributed by atoms with van der Waals surface area (Å²) in [6, 6.07) is 7.88. The van der Waals surface area contributed by atoms with Crippen LogP contribution >= 0.6 is 0 Å². The first-order valence-corrected chi connectivity index (χ1v) is 9.88. The fourth-order valence-electron chi connectivity index (χ4n) is 4.39. The van der Waals surface area contributed by atoms with Crippen LogP contribution in [0.5, 0.6) is 5.75 Å². The van der Waals surface area contributed by atoms with Gasteiger partial charge in [0.05, 0.1) is 16.5 Å². The zero-order valence-electron chi connectivity index (χ0n) is 17.4. The molecule has 0 saturated heterocycles. The van der Waals surface area contributed by atoms with Crippen LogP contribution in [0.2, 0.25) is 0 Å². The molecule has 1 amide bonds. The second-order valence-electron chi connectivity index (χ2n) is 7.64. The third-order valence-corrected chi connectivity index (χ3v) is 5.65. The van der Waals surface area contributed by atoms with Crippen LogP contribution in [0.15, 0.2) is 30.3 Å². The standard InChI is InChI=1S/C23H21FN2O5.H2O/c1-12-19(22(29)23(25)30)20-17(31-11-18(27)28)9-14-5-3-7-16(14)21(20)26(12)10-13-4-2-6-15(24)8-13;/h2,4,6,8-9H,3,5,7,10-11H2,1H3,(H2,25,30)(H,27,28);1H2. The van der Waals surface area contributed by atoms with E-state index < -0.39 is 24.3 Å². The third kappa shape index (κ3) is 3.94. The van der Waals surface area contributed by atoms with Crippen LogP contribution in [0.4, 0.5) is 4.39 Å². The Morgan fingerprint density at radius 1 is 1.22 bits per heavy atom. The molecule has 0 fully saturated rings. The number of hydrogen-bond acceptors (Lipinski definition) is 4. The minimum Gasteiger partial charge on any atom is -0.481 e. The molecule has 4 rings (SSSR count). The Balaban J connectivity index is 0.00000289. The highest BCUT2D eigenvalue weighted by molar-refractivity contribution is 6.45. The Morgan fingerprint density at radius 2 is 1.97 bits per heavy atom. The van der Waals surface area contributed by atoms with E-state index in [4.69, 9.17) is 15.6 Å². The van der Waals surface area contributed by atoms with Crippen molar-refractivity contribution in [3.63, 3.8) is 0 Å². The Kier molecular flexibility index (Phi) is 6.31. The molecule has 2 aromatic carbocycles. The number of amides is 1. The number of hydrogen-bond donors (Lipinski definition) is 2. The molecule has 0 saturated carbocycles. The maximum Gasteiger partial charge on any atom is 0.341 e. The number of Topliss-reactive ketones (excluding diaryl/α,β-unsaturated/α-hetero) is 1. The van der Waals surface area contributed by atoms with Crippen LogP contribution < -0.4 is 10.5 Å². The minimum absolute atomic E-state index is 0. The van der Waals surface area contributed by atoms with Crippen LogP contribution in [0, 0.1) is 12.7 Å². The number of halogens is 1. The Bertz CT molecular complexity index is 1250. The largest absolute Gasteiger partial charge is 0.481 e. The molecule has 0 atom stereocenters. The lowest BCUT2D eigenvalue weighted by molar-refractivity contribution is -0.139. The molecule has 0 radical (unpaired) electrons. The van der Waals surface area contributed by atoms with Crippen LogP contribution in [0.25, 0.3) is 10.9 Å². The first-order valence-electron chi connectivity index (χ1n) is 9.88. The Labute approximate surface area is 182 Å². The van der Waals surface area contributed by atoms with Gasteiger partial charge in [0.2, 0.25) is 0 Å². The molecule has 0 aliphatic heterocycles. The molecule has 1 aromatic heterocycles. The number of aryl methyl sites for hydroxylation is 2. The Hall–Kier alpha value is -3.72. The summed E-state index contributed by atoms with van der Waals surface area (Å²) < 4.78 is 21.2. The quantitative estimate of drug-likeness (QED) is 0.424. The van der Waals surface area contributed by atoms with Crippen molar-refractivity contribution in [2.45, 2.75) is 32.7 Å². The summed E-state index contributed by atoms with van der Waals surface area (Å²) in [5, 5.41) is 9.46. The third-order valence-electron chi connectivity index (χ3n) is 5.65. The predicted molar refractivity (Wildman–Crippen MR) is 114 cm³/mol. The molecule has 1 aliphatic rings. The number of carbonyl (C=O) groups is 3. The van der Waals surface area contributed by atoms with E-state index in [1.165, 1.54) is 12.1 Å². The van der Waals surface area contributed by atoms with Gasteiger partial charge in [0.1, 0.15) is 11.6 Å². The topological polar surface area (TPSA) is 143 Å². The zero-order valence-corrected chi connectivity index (χ0v) is 17.4. The summed E-state index contributed by atoms with van der Waals surface area (Å²) in [7, 11) is 0. The molecule has 9 heteroatoms. The molecule has 5 N–H and O–H groups in total. The lowest BCUT2D eigenvalue weighted by Crippen LogP contribution is -2.24. The summed E-state index contributed by atoms with van der Waals surface area (Å²) in [4.78, 5) is 35.7. The molecule has 8 nitrogen and oxygen atoms in total.